The van der Waals surface area contributed by atoms with E-state index < -0.39 is 30.7 Å². The minimum atomic E-state index is -1.55. The summed E-state index contributed by atoms with van der Waals surface area (Å²) in [6, 6.07) is 0. The standard InChI is InChI=1S/C9H18O6/c1-13-4-6-3-7(11)8(12)9(5-10,14-2)15-6/h6-8,10-12H,3-5H2,1-2H3/t6-,7-,8+,9-/m1/s1. The number of aliphatic hydroxyl groups is 3. The van der Waals surface area contributed by atoms with Gasteiger partial charge in [0, 0.05) is 20.6 Å². The van der Waals surface area contributed by atoms with Crippen molar-refractivity contribution >= 4 is 0 Å². The monoisotopic (exact) mass is 222 g/mol. The number of hydrogen-bond acceptors (Lipinski definition) is 6. The zero-order valence-electron chi connectivity index (χ0n) is 8.92. The van der Waals surface area contributed by atoms with Gasteiger partial charge in [-0.3, -0.25) is 0 Å². The Balaban J connectivity index is 2.75. The summed E-state index contributed by atoms with van der Waals surface area (Å²) < 4.78 is 15.2. The van der Waals surface area contributed by atoms with E-state index >= 15 is 0 Å². The summed E-state index contributed by atoms with van der Waals surface area (Å²) in [4.78, 5) is 0. The van der Waals surface area contributed by atoms with Crippen LogP contribution >= 0.6 is 0 Å². The molecule has 1 aliphatic heterocycles. The van der Waals surface area contributed by atoms with Crippen LogP contribution in [0.15, 0.2) is 0 Å². The zero-order valence-corrected chi connectivity index (χ0v) is 8.92. The molecule has 0 aromatic heterocycles. The van der Waals surface area contributed by atoms with Crippen LogP contribution in [0.25, 0.3) is 0 Å². The van der Waals surface area contributed by atoms with Gasteiger partial charge in [0.15, 0.2) is 0 Å². The minimum absolute atomic E-state index is 0.250. The van der Waals surface area contributed by atoms with Crippen LogP contribution in [0.5, 0.6) is 0 Å². The Hall–Kier alpha value is -0.240. The molecule has 0 bridgehead atoms. The Morgan fingerprint density at radius 1 is 1.40 bits per heavy atom. The zero-order chi connectivity index (χ0) is 11.5. The van der Waals surface area contributed by atoms with Crippen LogP contribution in [0.2, 0.25) is 0 Å². The lowest BCUT2D eigenvalue weighted by Crippen LogP contribution is -2.61. The van der Waals surface area contributed by atoms with Gasteiger partial charge in [-0.05, 0) is 0 Å². The number of methoxy groups -OCH3 is 2. The molecule has 3 N–H and O–H groups in total. The highest BCUT2D eigenvalue weighted by Crippen LogP contribution is 2.30. The van der Waals surface area contributed by atoms with Crippen molar-refractivity contribution in [3.8, 4) is 0 Å². The van der Waals surface area contributed by atoms with Gasteiger partial charge in [0.05, 0.1) is 18.8 Å². The predicted octanol–water partition coefficient (Wildman–Crippen LogP) is -1.52. The molecule has 4 atom stereocenters. The topological polar surface area (TPSA) is 88.4 Å². The molecular formula is C9H18O6. The van der Waals surface area contributed by atoms with Gasteiger partial charge >= 0.3 is 0 Å². The molecule has 90 valence electrons. The minimum Gasteiger partial charge on any atom is -0.391 e. The molecular weight excluding hydrogens is 204 g/mol. The number of rotatable bonds is 4. The Morgan fingerprint density at radius 3 is 2.53 bits per heavy atom. The van der Waals surface area contributed by atoms with E-state index in [1.165, 1.54) is 14.2 Å². The summed E-state index contributed by atoms with van der Waals surface area (Å²) in [5, 5.41) is 28.4. The highest BCUT2D eigenvalue weighted by atomic mass is 16.7. The van der Waals surface area contributed by atoms with E-state index in [0.29, 0.717) is 0 Å². The first-order valence-electron chi connectivity index (χ1n) is 4.78. The number of hydrogen-bond donors (Lipinski definition) is 3. The van der Waals surface area contributed by atoms with Crippen molar-refractivity contribution in [3.63, 3.8) is 0 Å². The lowest BCUT2D eigenvalue weighted by Gasteiger charge is -2.44. The summed E-state index contributed by atoms with van der Waals surface area (Å²) in [6.45, 7) is -0.253. The Labute approximate surface area is 88.4 Å². The first-order valence-corrected chi connectivity index (χ1v) is 4.78. The maximum Gasteiger partial charge on any atom is 0.221 e. The summed E-state index contributed by atoms with van der Waals surface area (Å²) in [6.07, 6.45) is -2.41. The maximum absolute atomic E-state index is 9.67. The predicted molar refractivity (Wildman–Crippen MR) is 50.2 cm³/mol. The van der Waals surface area contributed by atoms with Crippen LogP contribution in [0.1, 0.15) is 6.42 Å². The van der Waals surface area contributed by atoms with Gasteiger partial charge in [-0.25, -0.2) is 0 Å². The van der Waals surface area contributed by atoms with Crippen LogP contribution in [0.4, 0.5) is 0 Å². The first kappa shape index (κ1) is 12.8. The van der Waals surface area contributed by atoms with Gasteiger partial charge in [-0.1, -0.05) is 0 Å². The van der Waals surface area contributed by atoms with Crippen molar-refractivity contribution < 1.29 is 29.5 Å². The summed E-state index contributed by atoms with van der Waals surface area (Å²) in [5.74, 6) is -1.55. The van der Waals surface area contributed by atoms with E-state index in [2.05, 4.69) is 0 Å². The summed E-state index contributed by atoms with van der Waals surface area (Å²) in [5.41, 5.74) is 0. The second-order valence-electron chi connectivity index (χ2n) is 3.62. The van der Waals surface area contributed by atoms with Crippen LogP contribution in [0.3, 0.4) is 0 Å². The maximum atomic E-state index is 9.67. The summed E-state index contributed by atoms with van der Waals surface area (Å²) >= 11 is 0. The average molecular weight is 222 g/mol. The average Bonchev–Trinajstić information content (AvgIpc) is 2.24. The van der Waals surface area contributed by atoms with Crippen LogP contribution in [-0.4, -0.2) is 66.9 Å². The molecule has 0 radical (unpaired) electrons. The third kappa shape index (κ3) is 2.47. The Kier molecular flexibility index (Phi) is 4.45. The normalized spacial score (nSPS) is 41.8. The molecule has 0 saturated carbocycles. The highest BCUT2D eigenvalue weighted by molar-refractivity contribution is 4.91. The SMILES string of the molecule is COC[C@H]1C[C@@H](O)[C@H](O)[C@](CO)(OC)O1. The van der Waals surface area contributed by atoms with Crippen molar-refractivity contribution in [1.29, 1.82) is 0 Å². The van der Waals surface area contributed by atoms with Gasteiger partial charge in [-0.2, -0.15) is 0 Å². The molecule has 0 aromatic carbocycles. The number of ether oxygens (including phenoxy) is 3. The molecule has 0 aliphatic carbocycles. The smallest absolute Gasteiger partial charge is 0.221 e. The molecule has 1 fully saturated rings. The molecule has 1 aliphatic rings. The van der Waals surface area contributed by atoms with Gasteiger partial charge < -0.3 is 29.5 Å². The summed E-state index contributed by atoms with van der Waals surface area (Å²) in [7, 11) is 2.82. The van der Waals surface area contributed by atoms with Crippen molar-refractivity contribution in [2.75, 3.05) is 27.4 Å². The van der Waals surface area contributed by atoms with E-state index in [1.54, 1.807) is 0 Å². The molecule has 0 amide bonds. The van der Waals surface area contributed by atoms with Crippen LogP contribution in [0, 0.1) is 0 Å². The van der Waals surface area contributed by atoms with E-state index in [-0.39, 0.29) is 13.0 Å². The lowest BCUT2D eigenvalue weighted by molar-refractivity contribution is -0.345. The molecule has 1 heterocycles. The third-order valence-corrected chi connectivity index (χ3v) is 2.60. The largest absolute Gasteiger partial charge is 0.391 e. The lowest BCUT2D eigenvalue weighted by atomic mass is 9.95. The van der Waals surface area contributed by atoms with Crippen molar-refractivity contribution in [2.24, 2.45) is 0 Å². The molecule has 1 rings (SSSR count). The third-order valence-electron chi connectivity index (χ3n) is 2.60. The molecule has 1 saturated heterocycles. The van der Waals surface area contributed by atoms with Crippen molar-refractivity contribution in [1.82, 2.24) is 0 Å². The molecule has 0 aromatic rings. The first-order chi connectivity index (χ1) is 7.09. The second kappa shape index (κ2) is 5.20. The fourth-order valence-electron chi connectivity index (χ4n) is 1.74. The van der Waals surface area contributed by atoms with Gasteiger partial charge in [0.2, 0.25) is 5.79 Å². The molecule has 15 heavy (non-hydrogen) atoms. The van der Waals surface area contributed by atoms with E-state index in [1.807, 2.05) is 0 Å². The van der Waals surface area contributed by atoms with Gasteiger partial charge in [0.1, 0.15) is 12.7 Å². The van der Waals surface area contributed by atoms with Crippen LogP contribution in [-0.2, 0) is 14.2 Å². The molecule has 0 unspecified atom stereocenters. The van der Waals surface area contributed by atoms with Gasteiger partial charge in [0.25, 0.3) is 0 Å². The Bertz CT molecular complexity index is 193. The van der Waals surface area contributed by atoms with Crippen LogP contribution < -0.4 is 0 Å². The van der Waals surface area contributed by atoms with E-state index in [9.17, 15) is 10.2 Å². The molecule has 6 nitrogen and oxygen atoms in total. The molecule has 0 spiro atoms. The highest BCUT2D eigenvalue weighted by Gasteiger charge is 2.49. The quantitative estimate of drug-likeness (QED) is 0.535. The molecule has 6 heteroatoms. The van der Waals surface area contributed by atoms with E-state index in [4.69, 9.17) is 19.3 Å². The van der Waals surface area contributed by atoms with Crippen molar-refractivity contribution in [3.05, 3.63) is 0 Å². The van der Waals surface area contributed by atoms with Crippen molar-refractivity contribution in [2.45, 2.75) is 30.5 Å². The number of aliphatic hydroxyl groups excluding tert-OH is 3. The second-order valence-corrected chi connectivity index (χ2v) is 3.62. The van der Waals surface area contributed by atoms with Gasteiger partial charge in [-0.15, -0.1) is 0 Å². The Morgan fingerprint density at radius 2 is 2.07 bits per heavy atom. The van der Waals surface area contributed by atoms with E-state index in [0.717, 1.165) is 0 Å². The fourth-order valence-corrected chi connectivity index (χ4v) is 1.74. The fraction of sp³-hybridized carbons (Fsp3) is 1.00.